The van der Waals surface area contributed by atoms with Gasteiger partial charge in [-0.25, -0.2) is 9.37 Å². The van der Waals surface area contributed by atoms with Gasteiger partial charge in [-0.3, -0.25) is 0 Å². The Labute approximate surface area is 168 Å². The first-order valence-corrected chi connectivity index (χ1v) is 9.97. The second-order valence-corrected chi connectivity index (χ2v) is 7.62. The molecule has 1 N–H and O–H groups in total. The summed E-state index contributed by atoms with van der Waals surface area (Å²) < 4.78 is 15.0. The fourth-order valence-corrected chi connectivity index (χ4v) is 3.86. The number of hydrogen-bond donors (Lipinski definition) is 1. The molecule has 1 aliphatic rings. The molecule has 0 atom stereocenters. The highest BCUT2D eigenvalue weighted by Gasteiger charge is 2.22. The van der Waals surface area contributed by atoms with Gasteiger partial charge in [0, 0.05) is 18.5 Å². The van der Waals surface area contributed by atoms with Gasteiger partial charge in [0.15, 0.2) is 5.82 Å². The van der Waals surface area contributed by atoms with E-state index < -0.39 is 0 Å². The molecule has 0 spiro atoms. The zero-order valence-corrected chi connectivity index (χ0v) is 16.3. The lowest BCUT2D eigenvalue weighted by Crippen LogP contribution is -2.10. The highest BCUT2D eigenvalue weighted by molar-refractivity contribution is 5.55. The molecule has 0 amide bonds. The van der Waals surface area contributed by atoms with Crippen LogP contribution in [0.1, 0.15) is 40.2 Å². The van der Waals surface area contributed by atoms with Crippen LogP contribution in [0.5, 0.6) is 0 Å². The summed E-state index contributed by atoms with van der Waals surface area (Å²) in [6.07, 6.45) is 3.72. The number of aromatic nitrogens is 4. The van der Waals surface area contributed by atoms with Crippen molar-refractivity contribution < 1.29 is 4.39 Å². The van der Waals surface area contributed by atoms with Gasteiger partial charge in [-0.2, -0.15) is 9.50 Å². The number of halogens is 1. The molecule has 2 aromatic carbocycles. The van der Waals surface area contributed by atoms with Gasteiger partial charge in [-0.15, -0.1) is 5.10 Å². The summed E-state index contributed by atoms with van der Waals surface area (Å²) >= 11 is 0. The molecule has 5 nitrogen and oxygen atoms in total. The van der Waals surface area contributed by atoms with Crippen LogP contribution in [0.25, 0.3) is 5.78 Å². The van der Waals surface area contributed by atoms with E-state index in [1.54, 1.807) is 12.1 Å². The minimum Gasteiger partial charge on any atom is -0.366 e. The lowest BCUT2D eigenvalue weighted by atomic mass is 10.1. The van der Waals surface area contributed by atoms with E-state index in [9.17, 15) is 4.39 Å². The van der Waals surface area contributed by atoms with Crippen molar-refractivity contribution in [3.8, 4) is 0 Å². The molecule has 0 saturated carbocycles. The number of aryl methyl sites for hydroxylation is 2. The van der Waals surface area contributed by atoms with Gasteiger partial charge in [0.05, 0.1) is 5.69 Å². The fraction of sp³-hybridized carbons (Fsp3) is 0.261. The molecule has 0 unspecified atom stereocenters. The smallest absolute Gasteiger partial charge is 0.254 e. The van der Waals surface area contributed by atoms with E-state index in [4.69, 9.17) is 10.1 Å². The van der Waals surface area contributed by atoms with E-state index >= 15 is 0 Å². The molecule has 0 bridgehead atoms. The van der Waals surface area contributed by atoms with Gasteiger partial charge < -0.3 is 5.32 Å². The number of nitrogens with zero attached hydrogens (tertiary/aromatic N) is 4. The molecule has 0 radical (unpaired) electrons. The Kier molecular flexibility index (Phi) is 4.46. The molecule has 0 fully saturated rings. The highest BCUT2D eigenvalue weighted by atomic mass is 19.1. The second kappa shape index (κ2) is 7.28. The number of hydrogen-bond acceptors (Lipinski definition) is 4. The van der Waals surface area contributed by atoms with E-state index in [1.165, 1.54) is 28.8 Å². The number of fused-ring (bicyclic) bond motifs is 2. The van der Waals surface area contributed by atoms with Crippen molar-refractivity contribution in [2.24, 2.45) is 0 Å². The maximum atomic E-state index is 13.2. The first-order valence-electron chi connectivity index (χ1n) is 9.97. The second-order valence-electron chi connectivity index (χ2n) is 7.62. The molecule has 0 aliphatic heterocycles. The summed E-state index contributed by atoms with van der Waals surface area (Å²) in [5.74, 6) is 2.12. The zero-order valence-electron chi connectivity index (χ0n) is 16.3. The van der Waals surface area contributed by atoms with E-state index in [1.807, 2.05) is 4.52 Å². The Morgan fingerprint density at radius 1 is 0.966 bits per heavy atom. The van der Waals surface area contributed by atoms with Crippen molar-refractivity contribution in [3.63, 3.8) is 0 Å². The van der Waals surface area contributed by atoms with Gasteiger partial charge in [0.2, 0.25) is 0 Å². The summed E-state index contributed by atoms with van der Waals surface area (Å²) in [4.78, 5) is 9.45. The number of rotatable bonds is 5. The molecule has 146 valence electrons. The number of anilines is 1. The Morgan fingerprint density at radius 3 is 2.52 bits per heavy atom. The molecule has 1 aliphatic carbocycles. The molecular weight excluding hydrogens is 365 g/mol. The van der Waals surface area contributed by atoms with Crippen molar-refractivity contribution in [1.82, 2.24) is 19.6 Å². The lowest BCUT2D eigenvalue weighted by molar-refractivity contribution is 0.627. The summed E-state index contributed by atoms with van der Waals surface area (Å²) in [6, 6.07) is 15.0. The van der Waals surface area contributed by atoms with Crippen molar-refractivity contribution in [2.45, 2.75) is 39.2 Å². The lowest BCUT2D eigenvalue weighted by Gasteiger charge is -2.12. The summed E-state index contributed by atoms with van der Waals surface area (Å²) in [6.45, 7) is 2.68. The van der Waals surface area contributed by atoms with Crippen LogP contribution in [-0.2, 0) is 25.8 Å². The molecular formula is C23H22FN5. The monoisotopic (exact) mass is 387 g/mol. The highest BCUT2D eigenvalue weighted by Crippen LogP contribution is 2.28. The van der Waals surface area contributed by atoms with Crippen LogP contribution in [0.15, 0.2) is 48.5 Å². The first kappa shape index (κ1) is 17.8. The molecule has 2 aromatic heterocycles. The number of nitrogens with one attached hydrogen (secondary N) is 1. The third-order valence-corrected chi connectivity index (χ3v) is 5.41. The van der Waals surface area contributed by atoms with Crippen molar-refractivity contribution in [3.05, 3.63) is 88.1 Å². The fourth-order valence-electron chi connectivity index (χ4n) is 3.86. The van der Waals surface area contributed by atoms with Crippen LogP contribution < -0.4 is 5.32 Å². The summed E-state index contributed by atoms with van der Waals surface area (Å²) in [5.41, 5.74) is 5.75. The topological polar surface area (TPSA) is 55.1 Å². The van der Waals surface area contributed by atoms with Gasteiger partial charge in [-0.05, 0) is 49.4 Å². The predicted octanol–water partition coefficient (Wildman–Crippen LogP) is 4.26. The largest absolute Gasteiger partial charge is 0.366 e. The van der Waals surface area contributed by atoms with E-state index in [0.29, 0.717) is 18.7 Å². The van der Waals surface area contributed by atoms with Crippen LogP contribution in [0.2, 0.25) is 0 Å². The van der Waals surface area contributed by atoms with Gasteiger partial charge in [0.1, 0.15) is 11.6 Å². The van der Waals surface area contributed by atoms with Gasteiger partial charge in [0.25, 0.3) is 5.78 Å². The Hall–Kier alpha value is -3.28. The molecule has 0 saturated heterocycles. The maximum Gasteiger partial charge on any atom is 0.254 e. The van der Waals surface area contributed by atoms with E-state index in [2.05, 4.69) is 41.5 Å². The quantitative estimate of drug-likeness (QED) is 0.556. The van der Waals surface area contributed by atoms with Crippen LogP contribution in [0.4, 0.5) is 10.2 Å². The van der Waals surface area contributed by atoms with E-state index in [0.717, 1.165) is 42.2 Å². The molecule has 2 heterocycles. The van der Waals surface area contributed by atoms with Gasteiger partial charge in [-0.1, -0.05) is 42.0 Å². The molecule has 5 rings (SSSR count). The SMILES string of the molecule is Cc1ccc(Cc2nc3nc4c(c(NCc5ccc(F)cc5)n3n2)CCC4)cc1. The minimum atomic E-state index is -0.224. The van der Waals surface area contributed by atoms with Crippen molar-refractivity contribution in [2.75, 3.05) is 5.32 Å². The maximum absolute atomic E-state index is 13.2. The van der Waals surface area contributed by atoms with Gasteiger partial charge >= 0.3 is 0 Å². The van der Waals surface area contributed by atoms with Crippen molar-refractivity contribution in [1.29, 1.82) is 0 Å². The minimum absolute atomic E-state index is 0.224. The average molecular weight is 387 g/mol. The molecule has 4 aromatic rings. The van der Waals surface area contributed by atoms with Crippen molar-refractivity contribution >= 4 is 11.6 Å². The zero-order chi connectivity index (χ0) is 19.8. The average Bonchev–Trinajstić information content (AvgIpc) is 3.34. The van der Waals surface area contributed by atoms with Crippen LogP contribution in [0.3, 0.4) is 0 Å². The molecule has 29 heavy (non-hydrogen) atoms. The third-order valence-electron chi connectivity index (χ3n) is 5.41. The Balaban J connectivity index is 1.48. The Bertz CT molecular complexity index is 1160. The standard InChI is InChI=1S/C23H22FN5/c1-15-5-7-16(8-6-15)13-21-27-23-26-20-4-2-3-19(20)22(29(23)28-21)25-14-17-9-11-18(24)12-10-17/h5-12,25H,2-4,13-14H2,1H3. The molecule has 6 heteroatoms. The van der Waals surface area contributed by atoms with Crippen LogP contribution in [0, 0.1) is 12.7 Å². The third kappa shape index (κ3) is 3.58. The van der Waals surface area contributed by atoms with E-state index in [-0.39, 0.29) is 5.82 Å². The first-order chi connectivity index (χ1) is 14.2. The van der Waals surface area contributed by atoms with Crippen LogP contribution in [-0.4, -0.2) is 19.6 Å². The predicted molar refractivity (Wildman–Crippen MR) is 111 cm³/mol. The normalized spacial score (nSPS) is 13.0. The Morgan fingerprint density at radius 2 is 1.72 bits per heavy atom. The summed E-state index contributed by atoms with van der Waals surface area (Å²) in [7, 11) is 0. The van der Waals surface area contributed by atoms with Crippen LogP contribution >= 0.6 is 0 Å². The number of benzene rings is 2. The summed E-state index contributed by atoms with van der Waals surface area (Å²) in [5, 5.41) is 8.26.